The van der Waals surface area contributed by atoms with Gasteiger partial charge in [0.05, 0.1) is 17.0 Å². The van der Waals surface area contributed by atoms with Crippen molar-refractivity contribution in [2.24, 2.45) is 0 Å². The van der Waals surface area contributed by atoms with Crippen LogP contribution in [0.15, 0.2) is 57.9 Å². The number of benzene rings is 2. The van der Waals surface area contributed by atoms with Crippen LogP contribution in [0.5, 0.6) is 0 Å². The molecule has 1 saturated heterocycles. The van der Waals surface area contributed by atoms with Gasteiger partial charge < -0.3 is 9.63 Å². The van der Waals surface area contributed by atoms with Crippen molar-refractivity contribution < 1.29 is 22.4 Å². The van der Waals surface area contributed by atoms with Gasteiger partial charge >= 0.3 is 0 Å². The molecule has 0 amide bonds. The molecule has 0 spiro atoms. The largest absolute Gasteiger partial charge is 0.392 e. The number of rotatable bonds is 6. The molecule has 3 aromatic rings. The molecule has 4 rings (SSSR count). The first kappa shape index (κ1) is 20.6. The Bertz CT molecular complexity index is 1110. The lowest BCUT2D eigenvalue weighted by molar-refractivity contribution is 0.169. The number of hydrogen-bond acceptors (Lipinski definition) is 7. The van der Waals surface area contributed by atoms with Crippen LogP contribution in [-0.4, -0.2) is 41.2 Å². The fraction of sp³-hybridized carbons (Fsp3) is 0.333. The van der Waals surface area contributed by atoms with Crippen LogP contribution in [0.3, 0.4) is 0 Å². The number of aromatic nitrogens is 2. The number of hydrogen-bond donors (Lipinski definition) is 1. The maximum atomic E-state index is 13.1. The van der Waals surface area contributed by atoms with E-state index in [9.17, 15) is 17.9 Å². The highest BCUT2D eigenvalue weighted by molar-refractivity contribution is 7.90. The minimum absolute atomic E-state index is 0.00691. The van der Waals surface area contributed by atoms with Crippen molar-refractivity contribution >= 4 is 9.84 Å². The summed E-state index contributed by atoms with van der Waals surface area (Å²) in [7, 11) is -3.73. The van der Waals surface area contributed by atoms with Gasteiger partial charge in [0.2, 0.25) is 5.89 Å². The van der Waals surface area contributed by atoms with E-state index in [2.05, 4.69) is 10.1 Å². The highest BCUT2D eigenvalue weighted by Crippen LogP contribution is 2.33. The van der Waals surface area contributed by atoms with Crippen LogP contribution in [0, 0.1) is 12.7 Å². The van der Waals surface area contributed by atoms with Gasteiger partial charge in [-0.05, 0) is 43.2 Å². The minimum atomic E-state index is -3.73. The summed E-state index contributed by atoms with van der Waals surface area (Å²) in [5.74, 6) is -0.645. The van der Waals surface area contributed by atoms with Gasteiger partial charge in [0.15, 0.2) is 15.7 Å². The highest BCUT2D eigenvalue weighted by atomic mass is 32.2. The summed E-state index contributed by atoms with van der Waals surface area (Å²) in [6, 6.07) is 12.4. The van der Waals surface area contributed by atoms with Crippen LogP contribution in [0.1, 0.15) is 35.3 Å². The summed E-state index contributed by atoms with van der Waals surface area (Å²) in [6.07, 6.45) is -0.100. The van der Waals surface area contributed by atoms with Gasteiger partial charge in [0.25, 0.3) is 0 Å². The van der Waals surface area contributed by atoms with Gasteiger partial charge in [0.1, 0.15) is 11.6 Å². The van der Waals surface area contributed by atoms with Crippen molar-refractivity contribution in [3.8, 4) is 0 Å². The molecular formula is C21H22FN3O4S. The molecule has 0 radical (unpaired) electrons. The molecule has 2 heterocycles. The Balaban J connectivity index is 1.50. The first-order valence-electron chi connectivity index (χ1n) is 9.58. The van der Waals surface area contributed by atoms with Gasteiger partial charge in [-0.2, -0.15) is 4.98 Å². The van der Waals surface area contributed by atoms with Gasteiger partial charge in [-0.15, -0.1) is 0 Å². The second-order valence-corrected chi connectivity index (χ2v) is 9.57. The summed E-state index contributed by atoms with van der Waals surface area (Å²) < 4.78 is 43.5. The number of sulfone groups is 1. The van der Waals surface area contributed by atoms with Crippen molar-refractivity contribution in [3.63, 3.8) is 0 Å². The molecule has 0 aliphatic carbocycles. The maximum Gasteiger partial charge on any atom is 0.244 e. The number of halogens is 1. The van der Waals surface area contributed by atoms with Crippen LogP contribution < -0.4 is 0 Å². The molecule has 1 N–H and O–H groups in total. The minimum Gasteiger partial charge on any atom is -0.392 e. The first-order chi connectivity index (χ1) is 14.3. The number of β-amino-alcohol motifs (C(OH)–C–C–N with tert-alkyl or cyclic N) is 1. The zero-order valence-corrected chi connectivity index (χ0v) is 17.2. The fourth-order valence-electron chi connectivity index (χ4n) is 3.60. The number of aliphatic hydroxyl groups is 1. The molecular weight excluding hydrogens is 409 g/mol. The predicted octanol–water partition coefficient (Wildman–Crippen LogP) is 2.80. The Morgan fingerprint density at radius 3 is 2.57 bits per heavy atom. The molecule has 7 nitrogen and oxygen atoms in total. The Kier molecular flexibility index (Phi) is 5.68. The molecule has 158 valence electrons. The van der Waals surface area contributed by atoms with Crippen molar-refractivity contribution in [3.05, 3.63) is 77.2 Å². The molecule has 2 unspecified atom stereocenters. The third-order valence-electron chi connectivity index (χ3n) is 5.15. The molecule has 9 heteroatoms. The Morgan fingerprint density at radius 1 is 1.17 bits per heavy atom. The van der Waals surface area contributed by atoms with Gasteiger partial charge in [0, 0.05) is 13.1 Å². The van der Waals surface area contributed by atoms with E-state index in [0.29, 0.717) is 19.5 Å². The average molecular weight is 431 g/mol. The second-order valence-electron chi connectivity index (χ2n) is 7.58. The van der Waals surface area contributed by atoms with Gasteiger partial charge in [-0.25, -0.2) is 12.8 Å². The summed E-state index contributed by atoms with van der Waals surface area (Å²) in [4.78, 5) is 6.31. The third-order valence-corrected chi connectivity index (χ3v) is 6.78. The average Bonchev–Trinajstić information content (AvgIpc) is 3.29. The molecule has 0 bridgehead atoms. The number of aliphatic hydroxyl groups excluding tert-OH is 1. The maximum absolute atomic E-state index is 13.1. The summed E-state index contributed by atoms with van der Waals surface area (Å²) in [5.41, 5.74) is 2.26. The van der Waals surface area contributed by atoms with Gasteiger partial charge in [-0.3, -0.25) is 4.90 Å². The molecule has 1 aliphatic heterocycles. The van der Waals surface area contributed by atoms with Crippen LogP contribution in [0.2, 0.25) is 0 Å². The lowest BCUT2D eigenvalue weighted by Crippen LogP contribution is -2.24. The summed E-state index contributed by atoms with van der Waals surface area (Å²) >= 11 is 0. The van der Waals surface area contributed by atoms with Crippen molar-refractivity contribution in [2.45, 2.75) is 42.7 Å². The SMILES string of the molecule is Cc1ccc(CN2CC(O)CC2c2nc(CS(=O)(=O)c3ccc(F)cc3)no2)cc1. The molecule has 2 atom stereocenters. The van der Waals surface area contributed by atoms with E-state index >= 15 is 0 Å². The van der Waals surface area contributed by atoms with Gasteiger partial charge in [-0.1, -0.05) is 35.0 Å². The normalized spacial score (nSPS) is 20.0. The van der Waals surface area contributed by atoms with Crippen molar-refractivity contribution in [1.29, 1.82) is 0 Å². The summed E-state index contributed by atoms with van der Waals surface area (Å²) in [5, 5.41) is 14.0. The Labute approximate surface area is 174 Å². The second kappa shape index (κ2) is 8.25. The van der Waals surface area contributed by atoms with E-state index < -0.39 is 27.5 Å². The quantitative estimate of drug-likeness (QED) is 0.600. The van der Waals surface area contributed by atoms with Crippen LogP contribution in [0.25, 0.3) is 0 Å². The number of aryl methyl sites for hydroxylation is 1. The summed E-state index contributed by atoms with van der Waals surface area (Å²) in [6.45, 7) is 3.09. The molecule has 1 aromatic heterocycles. The Morgan fingerprint density at radius 2 is 1.87 bits per heavy atom. The molecule has 0 saturated carbocycles. The van der Waals surface area contributed by atoms with Crippen LogP contribution in [-0.2, 0) is 22.1 Å². The zero-order chi connectivity index (χ0) is 21.3. The first-order valence-corrected chi connectivity index (χ1v) is 11.2. The standard InChI is InChI=1S/C21H22FN3O4S/c1-14-2-4-15(5-3-14)11-25-12-17(26)10-19(25)21-23-20(24-29-21)13-30(27,28)18-8-6-16(22)7-9-18/h2-9,17,19,26H,10-13H2,1H3. The zero-order valence-electron chi connectivity index (χ0n) is 16.4. The molecule has 1 aliphatic rings. The molecule has 2 aromatic carbocycles. The molecule has 1 fully saturated rings. The predicted molar refractivity (Wildman–Crippen MR) is 107 cm³/mol. The lowest BCUT2D eigenvalue weighted by Gasteiger charge is -2.21. The van der Waals surface area contributed by atoms with E-state index in [4.69, 9.17) is 4.52 Å². The van der Waals surface area contributed by atoms with Crippen LogP contribution >= 0.6 is 0 Å². The number of likely N-dealkylation sites (tertiary alicyclic amines) is 1. The van der Waals surface area contributed by atoms with Crippen LogP contribution in [0.4, 0.5) is 4.39 Å². The van der Waals surface area contributed by atoms with E-state index in [1.165, 1.54) is 17.7 Å². The lowest BCUT2D eigenvalue weighted by atomic mass is 10.1. The van der Waals surface area contributed by atoms with Crippen molar-refractivity contribution in [1.82, 2.24) is 15.0 Å². The monoisotopic (exact) mass is 431 g/mol. The smallest absolute Gasteiger partial charge is 0.244 e. The van der Waals surface area contributed by atoms with E-state index in [-0.39, 0.29) is 22.7 Å². The fourth-order valence-corrected chi connectivity index (χ4v) is 4.77. The third kappa shape index (κ3) is 4.58. The Hall–Kier alpha value is -2.62. The topological polar surface area (TPSA) is 96.5 Å². The molecule has 30 heavy (non-hydrogen) atoms. The van der Waals surface area contributed by atoms with E-state index in [0.717, 1.165) is 17.7 Å². The van der Waals surface area contributed by atoms with E-state index in [1.54, 1.807) is 0 Å². The van der Waals surface area contributed by atoms with E-state index in [1.807, 2.05) is 36.1 Å². The highest BCUT2D eigenvalue weighted by Gasteiger charge is 2.36. The number of nitrogens with zero attached hydrogens (tertiary/aromatic N) is 3. The van der Waals surface area contributed by atoms with Crippen molar-refractivity contribution in [2.75, 3.05) is 6.54 Å².